The highest BCUT2D eigenvalue weighted by molar-refractivity contribution is 14.0. The molecule has 1 saturated heterocycles. The Hall–Kier alpha value is -1.26. The molecule has 0 saturated carbocycles. The molecule has 1 aromatic carbocycles. The van der Waals surface area contributed by atoms with Crippen molar-refractivity contribution in [2.45, 2.75) is 38.8 Å². The van der Waals surface area contributed by atoms with Gasteiger partial charge in [-0.2, -0.15) is 0 Å². The summed E-state index contributed by atoms with van der Waals surface area (Å²) in [6.07, 6.45) is 3.28. The Morgan fingerprint density at radius 1 is 1.25 bits per heavy atom. The zero-order chi connectivity index (χ0) is 18.9. The van der Waals surface area contributed by atoms with Gasteiger partial charge in [0.1, 0.15) is 0 Å². The van der Waals surface area contributed by atoms with Crippen molar-refractivity contribution in [3.05, 3.63) is 23.8 Å². The zero-order valence-electron chi connectivity index (χ0n) is 16.8. The van der Waals surface area contributed by atoms with Crippen molar-refractivity contribution in [2.24, 2.45) is 4.99 Å². The predicted octanol–water partition coefficient (Wildman–Crippen LogP) is 3.02. The van der Waals surface area contributed by atoms with Gasteiger partial charge in [-0.05, 0) is 43.9 Å². The summed E-state index contributed by atoms with van der Waals surface area (Å²) in [6.45, 7) is 7.10. The molecule has 7 nitrogen and oxygen atoms in total. The van der Waals surface area contributed by atoms with Gasteiger partial charge in [0.15, 0.2) is 17.5 Å². The minimum Gasteiger partial charge on any atom is -0.454 e. The molecule has 0 aliphatic carbocycles. The molecule has 0 atom stereocenters. The van der Waals surface area contributed by atoms with E-state index in [1.165, 1.54) is 0 Å². The van der Waals surface area contributed by atoms with E-state index in [0.29, 0.717) is 12.9 Å². The number of rotatable bonds is 8. The Kier molecular flexibility index (Phi) is 10.1. The largest absolute Gasteiger partial charge is 0.454 e. The third kappa shape index (κ3) is 6.97. The predicted molar refractivity (Wildman–Crippen MR) is 120 cm³/mol. The number of aliphatic imine (C=N–C) groups is 1. The van der Waals surface area contributed by atoms with Crippen molar-refractivity contribution in [1.29, 1.82) is 0 Å². The lowest BCUT2D eigenvalue weighted by molar-refractivity contribution is -0.0318. The maximum atomic E-state index is 5.91. The summed E-state index contributed by atoms with van der Waals surface area (Å²) in [4.78, 5) is 6.86. The van der Waals surface area contributed by atoms with Gasteiger partial charge in [0.2, 0.25) is 6.79 Å². The number of benzene rings is 1. The SMILES string of the molecule is CCNC(=NCCCOC1CCOCC1)N(C)Cc1ccc2c(c1)OCO2.I. The highest BCUT2D eigenvalue weighted by Gasteiger charge is 2.15. The normalized spacial score (nSPS) is 16.6. The minimum absolute atomic E-state index is 0. The van der Waals surface area contributed by atoms with Crippen LogP contribution in [0.15, 0.2) is 23.2 Å². The van der Waals surface area contributed by atoms with Crippen LogP contribution >= 0.6 is 24.0 Å². The summed E-state index contributed by atoms with van der Waals surface area (Å²) in [6, 6.07) is 6.06. The van der Waals surface area contributed by atoms with Crippen LogP contribution in [0.5, 0.6) is 11.5 Å². The molecule has 0 amide bonds. The van der Waals surface area contributed by atoms with Crippen LogP contribution in [0, 0.1) is 0 Å². The molecule has 158 valence electrons. The second-order valence-corrected chi connectivity index (χ2v) is 6.82. The number of halogens is 1. The Morgan fingerprint density at radius 2 is 2.04 bits per heavy atom. The van der Waals surface area contributed by atoms with Crippen LogP contribution in [0.3, 0.4) is 0 Å². The van der Waals surface area contributed by atoms with E-state index < -0.39 is 0 Å². The van der Waals surface area contributed by atoms with Crippen LogP contribution in [0.25, 0.3) is 0 Å². The maximum Gasteiger partial charge on any atom is 0.231 e. The van der Waals surface area contributed by atoms with Crippen molar-refractivity contribution < 1.29 is 18.9 Å². The van der Waals surface area contributed by atoms with E-state index in [2.05, 4.69) is 23.2 Å². The van der Waals surface area contributed by atoms with Crippen LogP contribution in [0.1, 0.15) is 31.7 Å². The number of nitrogens with one attached hydrogen (secondary N) is 1. The first kappa shape index (κ1) is 23.0. The molecule has 0 spiro atoms. The highest BCUT2D eigenvalue weighted by Crippen LogP contribution is 2.32. The Morgan fingerprint density at radius 3 is 2.82 bits per heavy atom. The Bertz CT molecular complexity index is 623. The highest BCUT2D eigenvalue weighted by atomic mass is 127. The molecule has 1 fully saturated rings. The van der Waals surface area contributed by atoms with Gasteiger partial charge in [-0.15, -0.1) is 24.0 Å². The van der Waals surface area contributed by atoms with Crippen LogP contribution in [0.4, 0.5) is 0 Å². The van der Waals surface area contributed by atoms with Gasteiger partial charge in [-0.25, -0.2) is 0 Å². The summed E-state index contributed by atoms with van der Waals surface area (Å²) in [5.41, 5.74) is 1.16. The van der Waals surface area contributed by atoms with E-state index in [0.717, 1.165) is 81.7 Å². The van der Waals surface area contributed by atoms with Gasteiger partial charge in [0.05, 0.1) is 6.10 Å². The van der Waals surface area contributed by atoms with E-state index in [1.807, 2.05) is 19.2 Å². The number of hydrogen-bond acceptors (Lipinski definition) is 5. The fourth-order valence-electron chi connectivity index (χ4n) is 3.20. The first-order chi connectivity index (χ1) is 13.3. The standard InChI is InChI=1S/C20H31N3O4.HI/c1-3-21-20(22-9-4-10-25-17-7-11-24-12-8-17)23(2)14-16-5-6-18-19(13-16)27-15-26-18;/h5-6,13,17H,3-4,7-12,14-15H2,1-2H3,(H,21,22);1H. The minimum atomic E-state index is 0. The molecule has 28 heavy (non-hydrogen) atoms. The first-order valence-corrected chi connectivity index (χ1v) is 9.83. The molecule has 1 aromatic rings. The molecule has 1 N–H and O–H groups in total. The van der Waals surface area contributed by atoms with E-state index in [-0.39, 0.29) is 24.0 Å². The molecule has 2 aliphatic rings. The molecular weight excluding hydrogens is 473 g/mol. The Labute approximate surface area is 184 Å². The van der Waals surface area contributed by atoms with Crippen molar-refractivity contribution in [1.82, 2.24) is 10.2 Å². The second kappa shape index (κ2) is 12.3. The molecule has 0 aromatic heterocycles. The van der Waals surface area contributed by atoms with Crippen molar-refractivity contribution in [3.63, 3.8) is 0 Å². The third-order valence-corrected chi connectivity index (χ3v) is 4.64. The topological polar surface area (TPSA) is 64.6 Å². The molecule has 8 heteroatoms. The molecule has 3 rings (SSSR count). The molecule has 0 bridgehead atoms. The van der Waals surface area contributed by atoms with Gasteiger partial charge in [0, 0.05) is 46.5 Å². The fourth-order valence-corrected chi connectivity index (χ4v) is 3.20. The average molecular weight is 505 g/mol. The van der Waals surface area contributed by atoms with E-state index in [4.69, 9.17) is 23.9 Å². The van der Waals surface area contributed by atoms with Gasteiger partial charge in [-0.1, -0.05) is 6.07 Å². The molecule has 0 unspecified atom stereocenters. The number of guanidine groups is 1. The summed E-state index contributed by atoms with van der Waals surface area (Å²) in [7, 11) is 2.05. The number of hydrogen-bond donors (Lipinski definition) is 1. The zero-order valence-corrected chi connectivity index (χ0v) is 19.1. The lowest BCUT2D eigenvalue weighted by Crippen LogP contribution is -2.38. The first-order valence-electron chi connectivity index (χ1n) is 9.83. The summed E-state index contributed by atoms with van der Waals surface area (Å²) in [5.74, 6) is 2.53. The van der Waals surface area contributed by atoms with Gasteiger partial charge >= 0.3 is 0 Å². The van der Waals surface area contributed by atoms with Crippen molar-refractivity contribution in [2.75, 3.05) is 46.8 Å². The van der Waals surface area contributed by atoms with Crippen LogP contribution in [0.2, 0.25) is 0 Å². The molecule has 2 heterocycles. The molecule has 2 aliphatic heterocycles. The van der Waals surface area contributed by atoms with Gasteiger partial charge in [0.25, 0.3) is 0 Å². The van der Waals surface area contributed by atoms with Crippen LogP contribution in [-0.4, -0.2) is 63.7 Å². The molecular formula is C20H32IN3O4. The number of nitrogens with zero attached hydrogens (tertiary/aromatic N) is 2. The van der Waals surface area contributed by atoms with Gasteiger partial charge in [-0.3, -0.25) is 4.99 Å². The molecule has 0 radical (unpaired) electrons. The third-order valence-electron chi connectivity index (χ3n) is 4.64. The van der Waals surface area contributed by atoms with Crippen LogP contribution in [-0.2, 0) is 16.0 Å². The second-order valence-electron chi connectivity index (χ2n) is 6.82. The van der Waals surface area contributed by atoms with Crippen molar-refractivity contribution >= 4 is 29.9 Å². The van der Waals surface area contributed by atoms with E-state index in [1.54, 1.807) is 0 Å². The number of ether oxygens (including phenoxy) is 4. The average Bonchev–Trinajstić information content (AvgIpc) is 3.15. The quantitative estimate of drug-likeness (QED) is 0.254. The summed E-state index contributed by atoms with van der Waals surface area (Å²) < 4.78 is 22.1. The fraction of sp³-hybridized carbons (Fsp3) is 0.650. The Balaban J connectivity index is 0.00000280. The lowest BCUT2D eigenvalue weighted by atomic mass is 10.1. The van der Waals surface area contributed by atoms with Crippen LogP contribution < -0.4 is 14.8 Å². The summed E-state index contributed by atoms with van der Waals surface area (Å²) in [5, 5.41) is 3.36. The van der Waals surface area contributed by atoms with E-state index in [9.17, 15) is 0 Å². The van der Waals surface area contributed by atoms with E-state index >= 15 is 0 Å². The summed E-state index contributed by atoms with van der Waals surface area (Å²) >= 11 is 0. The number of fused-ring (bicyclic) bond motifs is 1. The maximum absolute atomic E-state index is 5.91. The van der Waals surface area contributed by atoms with Gasteiger partial charge < -0.3 is 29.2 Å². The monoisotopic (exact) mass is 505 g/mol. The lowest BCUT2D eigenvalue weighted by Gasteiger charge is -2.23. The van der Waals surface area contributed by atoms with Crippen molar-refractivity contribution in [3.8, 4) is 11.5 Å². The smallest absolute Gasteiger partial charge is 0.231 e.